The van der Waals surface area contributed by atoms with Gasteiger partial charge in [-0.3, -0.25) is 9.78 Å². The normalized spacial score (nSPS) is 21.1. The Bertz CT molecular complexity index is 1640. The Hall–Kier alpha value is -3.78. The molecule has 0 spiro atoms. The Morgan fingerprint density at radius 2 is 1.89 bits per heavy atom. The zero-order valence-corrected chi connectivity index (χ0v) is 21.2. The quantitative estimate of drug-likeness (QED) is 0.343. The largest absolute Gasteiger partial charge is 0.356 e. The third kappa shape index (κ3) is 3.87. The molecule has 6 nitrogen and oxygen atoms in total. The highest BCUT2D eigenvalue weighted by molar-refractivity contribution is 7.92. The van der Waals surface area contributed by atoms with Crippen LogP contribution in [0.1, 0.15) is 41.0 Å². The van der Waals surface area contributed by atoms with Gasteiger partial charge >= 0.3 is 0 Å². The van der Waals surface area contributed by atoms with Gasteiger partial charge in [-0.25, -0.2) is 12.8 Å². The molecule has 3 aromatic heterocycles. The fourth-order valence-corrected chi connectivity index (χ4v) is 7.73. The van der Waals surface area contributed by atoms with Gasteiger partial charge < -0.3 is 9.13 Å². The maximum atomic E-state index is 14.1. The van der Waals surface area contributed by atoms with Crippen LogP contribution in [0.15, 0.2) is 89.9 Å². The molecule has 2 aliphatic rings. The van der Waals surface area contributed by atoms with Gasteiger partial charge in [-0.15, -0.1) is 0 Å². The predicted octanol–water partition coefficient (Wildman–Crippen LogP) is 5.19. The van der Waals surface area contributed by atoms with E-state index in [0.29, 0.717) is 25.0 Å². The number of benzene rings is 1. The van der Waals surface area contributed by atoms with E-state index in [4.69, 9.17) is 0 Å². The lowest BCUT2D eigenvalue weighted by Crippen LogP contribution is -2.45. The summed E-state index contributed by atoms with van der Waals surface area (Å²) in [6, 6.07) is 15.1. The fraction of sp³-hybridized carbons (Fsp3) is 0.241. The maximum Gasteiger partial charge on any atom is 0.191 e. The summed E-state index contributed by atoms with van der Waals surface area (Å²) in [5, 5.41) is -0.680. The van der Waals surface area contributed by atoms with E-state index in [1.165, 1.54) is 12.1 Å². The van der Waals surface area contributed by atoms with E-state index in [0.717, 1.165) is 22.5 Å². The van der Waals surface area contributed by atoms with Gasteiger partial charge in [0.25, 0.3) is 0 Å². The first kappa shape index (κ1) is 23.6. The van der Waals surface area contributed by atoms with Gasteiger partial charge in [-0.2, -0.15) is 0 Å². The van der Waals surface area contributed by atoms with Crippen LogP contribution in [0.5, 0.6) is 0 Å². The number of halogens is 1. The van der Waals surface area contributed by atoms with Crippen molar-refractivity contribution in [3.8, 4) is 5.69 Å². The van der Waals surface area contributed by atoms with Crippen molar-refractivity contribution in [3.63, 3.8) is 0 Å². The summed E-state index contributed by atoms with van der Waals surface area (Å²) in [5.74, 6) is -0.450. The first-order valence-corrected chi connectivity index (χ1v) is 13.8. The third-order valence-electron chi connectivity index (χ3n) is 7.75. The molecule has 2 atom stereocenters. The van der Waals surface area contributed by atoms with Crippen molar-refractivity contribution in [2.75, 3.05) is 0 Å². The van der Waals surface area contributed by atoms with Gasteiger partial charge in [0.2, 0.25) is 0 Å². The van der Waals surface area contributed by atoms with Crippen molar-refractivity contribution in [1.82, 2.24) is 14.1 Å². The smallest absolute Gasteiger partial charge is 0.191 e. The Morgan fingerprint density at radius 1 is 1.08 bits per heavy atom. The van der Waals surface area contributed by atoms with Crippen LogP contribution in [0.2, 0.25) is 0 Å². The average Bonchev–Trinajstić information content (AvgIpc) is 3.53. The lowest BCUT2D eigenvalue weighted by molar-refractivity contribution is 0.0796. The molecule has 4 aromatic rings. The van der Waals surface area contributed by atoms with Crippen molar-refractivity contribution < 1.29 is 17.6 Å². The molecule has 0 amide bonds. The Kier molecular flexibility index (Phi) is 5.53. The minimum Gasteiger partial charge on any atom is -0.356 e. The van der Waals surface area contributed by atoms with Gasteiger partial charge in [-0.1, -0.05) is 11.6 Å². The summed E-state index contributed by atoms with van der Waals surface area (Å²) < 4.78 is 44.5. The topological polar surface area (TPSA) is 74.0 Å². The van der Waals surface area contributed by atoms with Crippen molar-refractivity contribution >= 4 is 21.7 Å². The van der Waals surface area contributed by atoms with Gasteiger partial charge in [-0.05, 0) is 85.9 Å². The van der Waals surface area contributed by atoms with Crippen LogP contribution in [-0.2, 0) is 23.3 Å². The molecule has 0 N–H and O–H groups in total. The molecular formula is C29H26FN3O3S. The summed E-state index contributed by atoms with van der Waals surface area (Å²) in [6.45, 7) is 0. The molecule has 2 aliphatic carbocycles. The number of aromatic nitrogens is 3. The van der Waals surface area contributed by atoms with Crippen molar-refractivity contribution in [2.45, 2.75) is 35.8 Å². The molecule has 1 saturated carbocycles. The molecule has 8 heteroatoms. The summed E-state index contributed by atoms with van der Waals surface area (Å²) in [7, 11) is -1.83. The van der Waals surface area contributed by atoms with Gasteiger partial charge in [0.15, 0.2) is 15.6 Å². The first-order valence-electron chi connectivity index (χ1n) is 12.3. The number of pyridine rings is 1. The fourth-order valence-electron chi connectivity index (χ4n) is 5.85. The van der Waals surface area contributed by atoms with Crippen molar-refractivity contribution in [1.29, 1.82) is 0 Å². The molecule has 37 heavy (non-hydrogen) atoms. The minimum atomic E-state index is -3.63. The number of fused-ring (bicyclic) bond motifs is 2. The number of aryl methyl sites for hydroxylation is 1. The lowest BCUT2D eigenvalue weighted by atomic mass is 9.61. The molecule has 0 bridgehead atoms. The highest BCUT2D eigenvalue weighted by Gasteiger charge is 2.51. The van der Waals surface area contributed by atoms with Gasteiger partial charge in [0.1, 0.15) is 11.5 Å². The molecule has 3 heterocycles. The number of carbonyl (C=O) groups excluding carboxylic acids is 1. The predicted molar refractivity (Wildman–Crippen MR) is 139 cm³/mol. The highest BCUT2D eigenvalue weighted by Crippen LogP contribution is 2.52. The molecule has 0 saturated heterocycles. The van der Waals surface area contributed by atoms with Crippen LogP contribution in [-0.4, -0.2) is 33.6 Å². The lowest BCUT2D eigenvalue weighted by Gasteiger charge is -2.43. The second kappa shape index (κ2) is 8.66. The van der Waals surface area contributed by atoms with Gasteiger partial charge in [0.05, 0.1) is 15.6 Å². The number of nitrogens with zero attached hydrogens (tertiary/aromatic N) is 3. The summed E-state index contributed by atoms with van der Waals surface area (Å²) in [4.78, 5) is 18.8. The van der Waals surface area contributed by atoms with E-state index in [1.54, 1.807) is 66.6 Å². The molecule has 0 unspecified atom stereocenters. The average molecular weight is 516 g/mol. The molecule has 6 rings (SSSR count). The number of hydrogen-bond donors (Lipinski definition) is 0. The maximum absolute atomic E-state index is 14.1. The number of sulfone groups is 1. The van der Waals surface area contributed by atoms with Crippen LogP contribution in [0.25, 0.3) is 11.8 Å². The van der Waals surface area contributed by atoms with E-state index in [-0.39, 0.29) is 22.9 Å². The second-order valence-corrected chi connectivity index (χ2v) is 12.2. The Balaban J connectivity index is 1.45. The molecule has 1 fully saturated rings. The number of carbonyl (C=O) groups is 1. The molecule has 0 aliphatic heterocycles. The van der Waals surface area contributed by atoms with E-state index in [9.17, 15) is 17.6 Å². The van der Waals surface area contributed by atoms with E-state index in [2.05, 4.69) is 4.98 Å². The van der Waals surface area contributed by atoms with Crippen molar-refractivity contribution in [2.24, 2.45) is 12.5 Å². The summed E-state index contributed by atoms with van der Waals surface area (Å²) in [5.41, 5.74) is 2.99. The van der Waals surface area contributed by atoms with Crippen LogP contribution < -0.4 is 0 Å². The van der Waals surface area contributed by atoms with Crippen molar-refractivity contribution in [3.05, 3.63) is 108 Å². The summed E-state index contributed by atoms with van der Waals surface area (Å²) >= 11 is 0. The standard InChI is InChI=1S/C29H26FN3O3S/c1-32-14-12-25(19-32)37(35,36)24-10-5-21-16-27-20(11-15-33(27)23-8-6-22(30)7-9-23)17-29(21,18-24)28(34)26-4-2-3-13-31-26/h2-4,6-9,11-16,19,24H,5,10,17-18H2,1H3/t24-,29-/m0/s1. The minimum absolute atomic E-state index is 0.146. The number of ketones is 1. The number of hydrogen-bond acceptors (Lipinski definition) is 4. The molecule has 0 radical (unpaired) electrons. The van der Waals surface area contributed by atoms with Crippen LogP contribution in [0, 0.1) is 11.2 Å². The molecule has 1 aromatic carbocycles. The zero-order chi connectivity index (χ0) is 25.8. The van der Waals surface area contributed by atoms with Crippen LogP contribution in [0.3, 0.4) is 0 Å². The summed E-state index contributed by atoms with van der Waals surface area (Å²) in [6.07, 6.45) is 10.4. The second-order valence-electron chi connectivity index (χ2n) is 9.97. The Labute approximate surface area is 215 Å². The number of allylic oxidation sites excluding steroid dienone is 1. The van der Waals surface area contributed by atoms with E-state index >= 15 is 0 Å². The number of Topliss-reactive ketones (excluding diaryl/α,β-unsaturated/α-hetero) is 1. The van der Waals surface area contributed by atoms with E-state index in [1.807, 2.05) is 22.9 Å². The van der Waals surface area contributed by atoms with Crippen LogP contribution in [0.4, 0.5) is 4.39 Å². The van der Waals surface area contributed by atoms with E-state index < -0.39 is 20.5 Å². The molecular weight excluding hydrogens is 489 g/mol. The Morgan fingerprint density at radius 3 is 2.59 bits per heavy atom. The zero-order valence-electron chi connectivity index (χ0n) is 20.3. The van der Waals surface area contributed by atoms with Gasteiger partial charge in [0, 0.05) is 43.2 Å². The third-order valence-corrected chi connectivity index (χ3v) is 9.93. The monoisotopic (exact) mass is 515 g/mol. The highest BCUT2D eigenvalue weighted by atomic mass is 32.2. The SMILES string of the molecule is Cn1ccc(S(=O)(=O)[C@H]2CCC3=Cc4c(ccn4-c4ccc(F)cc4)C[C@]3(C(=O)c3ccccn3)C2)c1. The number of rotatable bonds is 5. The molecule has 188 valence electrons. The first-order chi connectivity index (χ1) is 17.8. The van der Waals surface area contributed by atoms with Crippen LogP contribution >= 0.6 is 0 Å².